The van der Waals surface area contributed by atoms with Crippen molar-refractivity contribution < 1.29 is 47.6 Å². The van der Waals surface area contributed by atoms with E-state index in [2.05, 4.69) is 21.3 Å². The predicted molar refractivity (Wildman–Crippen MR) is 104 cm³/mol. The van der Waals surface area contributed by atoms with E-state index in [-0.39, 0.29) is 51.2 Å². The van der Waals surface area contributed by atoms with Gasteiger partial charge in [0.05, 0.1) is 0 Å². The summed E-state index contributed by atoms with van der Waals surface area (Å²) in [6.45, 7) is 4.59. The van der Waals surface area contributed by atoms with Gasteiger partial charge in [-0.3, -0.25) is 9.59 Å². The van der Waals surface area contributed by atoms with Crippen molar-refractivity contribution in [3.8, 4) is 0 Å². The van der Waals surface area contributed by atoms with Crippen molar-refractivity contribution in [1.29, 1.82) is 0 Å². The van der Waals surface area contributed by atoms with Crippen LogP contribution in [0.3, 0.4) is 0 Å². The molecule has 2 rings (SSSR count). The van der Waals surface area contributed by atoms with E-state index < -0.39 is 24.5 Å². The molecule has 2 saturated heterocycles. The molecule has 176 valence electrons. The molecule has 11 nitrogen and oxygen atoms in total. The number of rotatable bonds is 15. The third-order valence-electron chi connectivity index (χ3n) is 4.70. The first-order valence-corrected chi connectivity index (χ1v) is 10.7. The largest absolute Gasteiger partial charge is 0.508 e. The molecule has 2 atom stereocenters. The SMILES string of the molecule is CCCCN(CCCC(=O)OCC1COC(=O)O1)CCCC(=O)OCC1COC(=O)O1. The zero-order chi connectivity index (χ0) is 22.5. The standard InChI is InChI=1S/C20H31NO10/c1-2-3-8-21(9-4-6-17(22)26-11-15-13-28-19(24)30-15)10-5-7-18(23)27-12-16-14-29-20(25)31-16/h15-16H,2-14H2,1H3. The summed E-state index contributed by atoms with van der Waals surface area (Å²) in [6, 6.07) is 0. The lowest BCUT2D eigenvalue weighted by atomic mass is 10.2. The number of unbranched alkanes of at least 4 members (excludes halogenated alkanes) is 1. The number of carbonyl (C=O) groups is 4. The molecule has 11 heteroatoms. The van der Waals surface area contributed by atoms with Gasteiger partial charge in [-0.15, -0.1) is 0 Å². The smallest absolute Gasteiger partial charge is 0.462 e. The highest BCUT2D eigenvalue weighted by Gasteiger charge is 2.27. The molecule has 31 heavy (non-hydrogen) atoms. The second-order valence-electron chi connectivity index (χ2n) is 7.37. The van der Waals surface area contributed by atoms with E-state index in [0.29, 0.717) is 25.9 Å². The summed E-state index contributed by atoms with van der Waals surface area (Å²) in [5.41, 5.74) is 0. The van der Waals surface area contributed by atoms with Gasteiger partial charge in [0.25, 0.3) is 0 Å². The topological polar surface area (TPSA) is 127 Å². The van der Waals surface area contributed by atoms with Crippen LogP contribution in [0.5, 0.6) is 0 Å². The minimum absolute atomic E-state index is 0.00157. The highest BCUT2D eigenvalue weighted by Crippen LogP contribution is 2.09. The van der Waals surface area contributed by atoms with Gasteiger partial charge < -0.3 is 33.3 Å². The summed E-state index contributed by atoms with van der Waals surface area (Å²) in [5.74, 6) is -0.697. The number of hydrogen-bond donors (Lipinski definition) is 0. The van der Waals surface area contributed by atoms with Crippen LogP contribution >= 0.6 is 0 Å². The van der Waals surface area contributed by atoms with E-state index >= 15 is 0 Å². The zero-order valence-corrected chi connectivity index (χ0v) is 17.9. The third kappa shape index (κ3) is 10.3. The Bertz CT molecular complexity index is 563. The predicted octanol–water partition coefficient (Wildman–Crippen LogP) is 1.81. The molecule has 2 aliphatic heterocycles. The number of ether oxygens (including phenoxy) is 6. The Kier molecular flexibility index (Phi) is 10.9. The Labute approximate surface area is 181 Å². The minimum atomic E-state index is -0.743. The Morgan fingerprint density at radius 1 is 0.839 bits per heavy atom. The first-order valence-electron chi connectivity index (χ1n) is 10.7. The summed E-state index contributed by atoms with van der Waals surface area (Å²) in [5, 5.41) is 0. The molecule has 2 aliphatic rings. The maximum Gasteiger partial charge on any atom is 0.508 e. The number of cyclic esters (lactones) is 4. The molecule has 0 aliphatic carbocycles. The fourth-order valence-electron chi connectivity index (χ4n) is 3.02. The fraction of sp³-hybridized carbons (Fsp3) is 0.800. The molecular weight excluding hydrogens is 414 g/mol. The van der Waals surface area contributed by atoms with Crippen LogP contribution in [0.25, 0.3) is 0 Å². The maximum atomic E-state index is 11.9. The third-order valence-corrected chi connectivity index (χ3v) is 4.70. The van der Waals surface area contributed by atoms with Gasteiger partial charge in [-0.1, -0.05) is 13.3 Å². The van der Waals surface area contributed by atoms with E-state index in [9.17, 15) is 19.2 Å². The van der Waals surface area contributed by atoms with Crippen LogP contribution in [0, 0.1) is 0 Å². The minimum Gasteiger partial charge on any atom is -0.462 e. The Morgan fingerprint density at radius 2 is 1.29 bits per heavy atom. The number of esters is 2. The van der Waals surface area contributed by atoms with Gasteiger partial charge in [0.1, 0.15) is 26.4 Å². The average Bonchev–Trinajstić information content (AvgIpc) is 3.36. The van der Waals surface area contributed by atoms with E-state index in [1.165, 1.54) is 0 Å². The van der Waals surface area contributed by atoms with Gasteiger partial charge in [0.15, 0.2) is 12.2 Å². The summed E-state index contributed by atoms with van der Waals surface area (Å²) in [7, 11) is 0. The Morgan fingerprint density at radius 3 is 1.68 bits per heavy atom. The highest BCUT2D eigenvalue weighted by atomic mass is 16.8. The Balaban J connectivity index is 1.56. The first kappa shape index (κ1) is 24.7. The van der Waals surface area contributed by atoms with Gasteiger partial charge in [-0.05, 0) is 38.9 Å². The van der Waals surface area contributed by atoms with Crippen LogP contribution in [-0.2, 0) is 38.0 Å². The summed E-state index contributed by atoms with van der Waals surface area (Å²) in [6.07, 6.45) is 1.28. The second-order valence-corrected chi connectivity index (χ2v) is 7.37. The van der Waals surface area contributed by atoms with E-state index in [0.717, 1.165) is 19.4 Å². The molecule has 2 fully saturated rings. The van der Waals surface area contributed by atoms with Crippen LogP contribution in [0.15, 0.2) is 0 Å². The fourth-order valence-corrected chi connectivity index (χ4v) is 3.02. The maximum absolute atomic E-state index is 11.9. The number of hydrogen-bond acceptors (Lipinski definition) is 11. The van der Waals surface area contributed by atoms with Crippen molar-refractivity contribution >= 4 is 24.2 Å². The lowest BCUT2D eigenvalue weighted by molar-refractivity contribution is -0.146. The summed E-state index contributed by atoms with van der Waals surface area (Å²) in [4.78, 5) is 47.6. The molecule has 0 aromatic heterocycles. The molecule has 0 aromatic rings. The van der Waals surface area contributed by atoms with Crippen molar-refractivity contribution in [2.24, 2.45) is 0 Å². The molecule has 0 radical (unpaired) electrons. The molecule has 0 bridgehead atoms. The van der Waals surface area contributed by atoms with Crippen molar-refractivity contribution in [2.75, 3.05) is 46.1 Å². The summed E-state index contributed by atoms with van der Waals surface area (Å²) < 4.78 is 29.1. The molecule has 0 saturated carbocycles. The van der Waals surface area contributed by atoms with Crippen LogP contribution < -0.4 is 0 Å². The lowest BCUT2D eigenvalue weighted by Crippen LogP contribution is -2.29. The average molecular weight is 445 g/mol. The quantitative estimate of drug-likeness (QED) is 0.270. The Hall–Kier alpha value is -2.56. The van der Waals surface area contributed by atoms with E-state index in [4.69, 9.17) is 18.9 Å². The van der Waals surface area contributed by atoms with Gasteiger partial charge in [-0.25, -0.2) is 9.59 Å². The van der Waals surface area contributed by atoms with Crippen LogP contribution in [0.4, 0.5) is 9.59 Å². The van der Waals surface area contributed by atoms with E-state index in [1.807, 2.05) is 0 Å². The van der Waals surface area contributed by atoms with Crippen molar-refractivity contribution in [2.45, 2.75) is 57.7 Å². The normalized spacial score (nSPS) is 20.1. The van der Waals surface area contributed by atoms with E-state index in [1.54, 1.807) is 0 Å². The van der Waals surface area contributed by atoms with Gasteiger partial charge in [0.2, 0.25) is 0 Å². The molecular formula is C20H31NO10. The van der Waals surface area contributed by atoms with Crippen LogP contribution in [-0.4, -0.2) is 87.4 Å². The summed E-state index contributed by atoms with van der Waals surface area (Å²) >= 11 is 0. The lowest BCUT2D eigenvalue weighted by Gasteiger charge is -2.21. The van der Waals surface area contributed by atoms with Crippen molar-refractivity contribution in [3.63, 3.8) is 0 Å². The number of carbonyl (C=O) groups excluding carboxylic acids is 4. The van der Waals surface area contributed by atoms with Crippen LogP contribution in [0.1, 0.15) is 45.4 Å². The molecule has 2 heterocycles. The van der Waals surface area contributed by atoms with Gasteiger partial charge >= 0.3 is 24.2 Å². The zero-order valence-electron chi connectivity index (χ0n) is 17.9. The van der Waals surface area contributed by atoms with Gasteiger partial charge in [-0.2, -0.15) is 0 Å². The first-order chi connectivity index (χ1) is 15.0. The second kappa shape index (κ2) is 13.7. The molecule has 0 amide bonds. The molecule has 0 spiro atoms. The van der Waals surface area contributed by atoms with Gasteiger partial charge in [0, 0.05) is 12.8 Å². The monoisotopic (exact) mass is 445 g/mol. The van der Waals surface area contributed by atoms with Crippen molar-refractivity contribution in [3.05, 3.63) is 0 Å². The van der Waals surface area contributed by atoms with Crippen LogP contribution in [0.2, 0.25) is 0 Å². The highest BCUT2D eigenvalue weighted by molar-refractivity contribution is 5.70. The molecule has 0 N–H and O–H groups in total. The van der Waals surface area contributed by atoms with Crippen molar-refractivity contribution in [1.82, 2.24) is 4.90 Å². The molecule has 2 unspecified atom stereocenters. The molecule has 0 aromatic carbocycles. The number of nitrogens with zero attached hydrogens (tertiary/aromatic N) is 1.